The highest BCUT2D eigenvalue weighted by molar-refractivity contribution is 5.80. The largest absolute Gasteiger partial charge is 0.480 e. The SMILES string of the molecule is CCN(CC(=O)O)C(=O)N(CC(F)(F)F)C1CC1. The standard InChI is InChI=1S/C10H15F3N2O3/c1-2-14(5-8(16)17)9(18)15(7-3-4-7)6-10(11,12)13/h7H,2-6H2,1H3,(H,16,17). The Morgan fingerprint density at radius 3 is 2.22 bits per heavy atom. The van der Waals surface area contributed by atoms with Gasteiger partial charge < -0.3 is 14.9 Å². The first-order valence-corrected chi connectivity index (χ1v) is 5.58. The minimum atomic E-state index is -4.47. The molecule has 1 saturated carbocycles. The summed E-state index contributed by atoms with van der Waals surface area (Å²) in [7, 11) is 0. The van der Waals surface area contributed by atoms with E-state index in [0.717, 1.165) is 4.90 Å². The molecule has 1 aliphatic rings. The number of alkyl halides is 3. The Kier molecular flexibility index (Phi) is 4.42. The molecule has 0 spiro atoms. The summed E-state index contributed by atoms with van der Waals surface area (Å²) in [5, 5.41) is 8.60. The summed E-state index contributed by atoms with van der Waals surface area (Å²) >= 11 is 0. The van der Waals surface area contributed by atoms with Crippen molar-refractivity contribution in [2.45, 2.75) is 32.0 Å². The van der Waals surface area contributed by atoms with E-state index in [1.54, 1.807) is 0 Å². The number of amides is 2. The first-order chi connectivity index (χ1) is 8.24. The van der Waals surface area contributed by atoms with Gasteiger partial charge in [0.05, 0.1) is 0 Å². The number of urea groups is 1. The molecule has 8 heteroatoms. The molecular formula is C10H15F3N2O3. The zero-order valence-electron chi connectivity index (χ0n) is 9.90. The monoisotopic (exact) mass is 268 g/mol. The first kappa shape index (κ1) is 14.6. The van der Waals surface area contributed by atoms with Crippen LogP contribution in [0, 0.1) is 0 Å². The van der Waals surface area contributed by atoms with E-state index in [9.17, 15) is 22.8 Å². The second-order valence-electron chi connectivity index (χ2n) is 4.16. The van der Waals surface area contributed by atoms with Gasteiger partial charge in [0.15, 0.2) is 0 Å². The number of hydrogen-bond acceptors (Lipinski definition) is 2. The lowest BCUT2D eigenvalue weighted by molar-refractivity contribution is -0.143. The van der Waals surface area contributed by atoms with Gasteiger partial charge in [0.1, 0.15) is 13.1 Å². The molecule has 0 bridgehead atoms. The van der Waals surface area contributed by atoms with Gasteiger partial charge >= 0.3 is 18.2 Å². The minimum Gasteiger partial charge on any atom is -0.480 e. The fourth-order valence-corrected chi connectivity index (χ4v) is 1.59. The van der Waals surface area contributed by atoms with Crippen molar-refractivity contribution in [2.24, 2.45) is 0 Å². The number of carboxylic acid groups (broad SMARTS) is 1. The van der Waals surface area contributed by atoms with Gasteiger partial charge in [0.2, 0.25) is 0 Å². The zero-order chi connectivity index (χ0) is 13.9. The predicted molar refractivity (Wildman–Crippen MR) is 56.1 cm³/mol. The molecule has 104 valence electrons. The highest BCUT2D eigenvalue weighted by Crippen LogP contribution is 2.30. The molecule has 0 radical (unpaired) electrons. The first-order valence-electron chi connectivity index (χ1n) is 5.58. The van der Waals surface area contributed by atoms with E-state index in [2.05, 4.69) is 0 Å². The lowest BCUT2D eigenvalue weighted by Crippen LogP contribution is -2.49. The Balaban J connectivity index is 2.71. The van der Waals surface area contributed by atoms with Crippen LogP contribution in [0.4, 0.5) is 18.0 Å². The molecule has 0 aromatic heterocycles. The summed E-state index contributed by atoms with van der Waals surface area (Å²) < 4.78 is 37.1. The van der Waals surface area contributed by atoms with E-state index in [0.29, 0.717) is 17.7 Å². The van der Waals surface area contributed by atoms with Gasteiger partial charge in [-0.15, -0.1) is 0 Å². The molecular weight excluding hydrogens is 253 g/mol. The maximum atomic E-state index is 12.4. The fourth-order valence-electron chi connectivity index (χ4n) is 1.59. The van der Waals surface area contributed by atoms with Crippen molar-refractivity contribution in [2.75, 3.05) is 19.6 Å². The van der Waals surface area contributed by atoms with Crippen molar-refractivity contribution in [3.63, 3.8) is 0 Å². The summed E-state index contributed by atoms with van der Waals surface area (Å²) in [5.41, 5.74) is 0. The van der Waals surface area contributed by atoms with E-state index >= 15 is 0 Å². The van der Waals surface area contributed by atoms with Crippen LogP contribution in [0.15, 0.2) is 0 Å². The Hall–Kier alpha value is -1.47. The summed E-state index contributed by atoms with van der Waals surface area (Å²) in [4.78, 5) is 24.0. The lowest BCUT2D eigenvalue weighted by Gasteiger charge is -2.29. The predicted octanol–water partition coefficient (Wildman–Crippen LogP) is 1.54. The summed E-state index contributed by atoms with van der Waals surface area (Å²) in [6.07, 6.45) is -3.40. The average molecular weight is 268 g/mol. The van der Waals surface area contributed by atoms with E-state index in [1.165, 1.54) is 6.92 Å². The number of carbonyl (C=O) groups is 2. The average Bonchev–Trinajstić information content (AvgIpc) is 3.03. The Bertz CT molecular complexity index is 329. The summed E-state index contributed by atoms with van der Waals surface area (Å²) in [6, 6.07) is -1.28. The fraction of sp³-hybridized carbons (Fsp3) is 0.800. The van der Waals surface area contributed by atoms with E-state index in [4.69, 9.17) is 5.11 Å². The topological polar surface area (TPSA) is 60.9 Å². The van der Waals surface area contributed by atoms with E-state index in [-0.39, 0.29) is 6.54 Å². The smallest absolute Gasteiger partial charge is 0.406 e. The maximum Gasteiger partial charge on any atom is 0.406 e. The Morgan fingerprint density at radius 2 is 1.89 bits per heavy atom. The molecule has 2 amide bonds. The molecule has 1 fully saturated rings. The van der Waals surface area contributed by atoms with E-state index in [1.807, 2.05) is 0 Å². The van der Waals surface area contributed by atoms with Gasteiger partial charge in [0.25, 0.3) is 0 Å². The van der Waals surface area contributed by atoms with Crippen LogP contribution in [0.1, 0.15) is 19.8 Å². The van der Waals surface area contributed by atoms with Gasteiger partial charge in [-0.3, -0.25) is 4.79 Å². The van der Waals surface area contributed by atoms with Gasteiger partial charge in [-0.05, 0) is 19.8 Å². The molecule has 0 atom stereocenters. The van der Waals surface area contributed by atoms with Crippen LogP contribution < -0.4 is 0 Å². The van der Waals surface area contributed by atoms with Crippen molar-refractivity contribution < 1.29 is 27.9 Å². The van der Waals surface area contributed by atoms with Crippen molar-refractivity contribution in [1.82, 2.24) is 9.80 Å². The highest BCUT2D eigenvalue weighted by Gasteiger charge is 2.42. The van der Waals surface area contributed by atoms with Crippen molar-refractivity contribution in [1.29, 1.82) is 0 Å². The molecule has 0 heterocycles. The van der Waals surface area contributed by atoms with Crippen LogP contribution >= 0.6 is 0 Å². The Labute approximate surface area is 102 Å². The van der Waals surface area contributed by atoms with Crippen molar-refractivity contribution in [3.05, 3.63) is 0 Å². The van der Waals surface area contributed by atoms with Crippen LogP contribution in [-0.4, -0.2) is 58.8 Å². The third-order valence-corrected chi connectivity index (χ3v) is 2.56. The number of carboxylic acids is 1. The molecule has 0 aromatic carbocycles. The van der Waals surface area contributed by atoms with Crippen LogP contribution in [0.5, 0.6) is 0 Å². The molecule has 5 nitrogen and oxygen atoms in total. The van der Waals surface area contributed by atoms with Gasteiger partial charge in [-0.2, -0.15) is 13.2 Å². The van der Waals surface area contributed by atoms with Gasteiger partial charge in [0, 0.05) is 12.6 Å². The normalized spacial score (nSPS) is 15.3. The third-order valence-electron chi connectivity index (χ3n) is 2.56. The molecule has 1 aliphatic carbocycles. The van der Waals surface area contributed by atoms with Crippen LogP contribution in [0.2, 0.25) is 0 Å². The highest BCUT2D eigenvalue weighted by atomic mass is 19.4. The number of aliphatic carboxylic acids is 1. The number of halogens is 3. The van der Waals surface area contributed by atoms with Crippen LogP contribution in [0.3, 0.4) is 0 Å². The number of carbonyl (C=O) groups excluding carboxylic acids is 1. The number of rotatable bonds is 5. The third kappa shape index (κ3) is 4.42. The number of likely N-dealkylation sites (N-methyl/N-ethyl adjacent to an activating group) is 1. The quantitative estimate of drug-likeness (QED) is 0.822. The molecule has 1 N–H and O–H groups in total. The van der Waals surface area contributed by atoms with E-state index < -0.39 is 37.3 Å². The van der Waals surface area contributed by atoms with Crippen LogP contribution in [0.25, 0.3) is 0 Å². The molecule has 0 aromatic rings. The second kappa shape index (κ2) is 5.45. The molecule has 18 heavy (non-hydrogen) atoms. The summed E-state index contributed by atoms with van der Waals surface area (Å²) in [6.45, 7) is -0.325. The molecule has 0 saturated heterocycles. The van der Waals surface area contributed by atoms with Gasteiger partial charge in [-0.25, -0.2) is 4.79 Å². The second-order valence-corrected chi connectivity index (χ2v) is 4.16. The molecule has 0 aliphatic heterocycles. The molecule has 0 unspecified atom stereocenters. The van der Waals surface area contributed by atoms with Crippen LogP contribution in [-0.2, 0) is 4.79 Å². The molecule has 1 rings (SSSR count). The Morgan fingerprint density at radius 1 is 1.33 bits per heavy atom. The minimum absolute atomic E-state index is 0.0617. The van der Waals surface area contributed by atoms with Crippen molar-refractivity contribution in [3.8, 4) is 0 Å². The number of nitrogens with zero attached hydrogens (tertiary/aromatic N) is 2. The summed E-state index contributed by atoms with van der Waals surface area (Å²) in [5.74, 6) is -1.24. The van der Waals surface area contributed by atoms with Gasteiger partial charge in [-0.1, -0.05) is 0 Å². The number of hydrogen-bond donors (Lipinski definition) is 1. The van der Waals surface area contributed by atoms with Crippen molar-refractivity contribution >= 4 is 12.0 Å². The zero-order valence-corrected chi connectivity index (χ0v) is 9.90. The maximum absolute atomic E-state index is 12.4. The lowest BCUT2D eigenvalue weighted by atomic mass is 10.4.